The van der Waals surface area contributed by atoms with Crippen molar-refractivity contribution >= 4 is 5.69 Å². The number of nitrogen functional groups attached to an aromatic ring is 1. The number of piperidine rings is 1. The van der Waals surface area contributed by atoms with Crippen molar-refractivity contribution in [2.45, 2.75) is 19.0 Å². The zero-order chi connectivity index (χ0) is 14.8. The summed E-state index contributed by atoms with van der Waals surface area (Å²) in [6.07, 6.45) is -2.54. The summed E-state index contributed by atoms with van der Waals surface area (Å²) in [5.41, 5.74) is 4.70. The van der Waals surface area contributed by atoms with Crippen LogP contribution in [-0.4, -0.2) is 31.6 Å². The van der Waals surface area contributed by atoms with E-state index in [0.29, 0.717) is 12.5 Å². The molecule has 0 aromatic heterocycles. The molecule has 1 aliphatic rings. The molecule has 1 saturated heterocycles. The maximum absolute atomic E-state index is 12.9. The summed E-state index contributed by atoms with van der Waals surface area (Å²) in [6.45, 7) is 2.24. The number of ether oxygens (including phenoxy) is 1. The number of hydrogen-bond acceptors (Lipinski definition) is 3. The van der Waals surface area contributed by atoms with Crippen LogP contribution in [0.5, 0.6) is 5.75 Å². The summed E-state index contributed by atoms with van der Waals surface area (Å²) in [6, 6.07) is 3.65. The number of halogens is 3. The molecule has 3 nitrogen and oxygen atoms in total. The van der Waals surface area contributed by atoms with Crippen molar-refractivity contribution in [2.75, 3.05) is 32.5 Å². The Morgan fingerprint density at radius 2 is 1.95 bits per heavy atom. The third kappa shape index (κ3) is 3.79. The number of anilines is 1. The first-order chi connectivity index (χ1) is 9.36. The highest BCUT2D eigenvalue weighted by molar-refractivity contribution is 5.49. The Hall–Kier alpha value is -1.43. The first kappa shape index (κ1) is 15.0. The summed E-state index contributed by atoms with van der Waals surface area (Å²) in [5, 5.41) is 0. The van der Waals surface area contributed by atoms with Crippen molar-refractivity contribution in [1.29, 1.82) is 0 Å². The van der Waals surface area contributed by atoms with Crippen LogP contribution >= 0.6 is 0 Å². The van der Waals surface area contributed by atoms with E-state index in [1.165, 1.54) is 12.1 Å². The average Bonchev–Trinajstić information content (AvgIpc) is 2.38. The van der Waals surface area contributed by atoms with Gasteiger partial charge in [0, 0.05) is 5.69 Å². The standard InChI is InChI=1S/C14H19F3N2O/c1-19-6-4-10(5-7-19)9-20-13-3-2-11(18)8-12(13)14(15,16)17/h2-3,8,10H,4-7,9,18H2,1H3. The van der Waals surface area contributed by atoms with Gasteiger partial charge in [-0.15, -0.1) is 0 Å². The van der Waals surface area contributed by atoms with Gasteiger partial charge in [-0.25, -0.2) is 0 Å². The van der Waals surface area contributed by atoms with Crippen LogP contribution in [0.2, 0.25) is 0 Å². The Balaban J connectivity index is 2.02. The highest BCUT2D eigenvalue weighted by Crippen LogP contribution is 2.37. The molecule has 0 radical (unpaired) electrons. The average molecular weight is 288 g/mol. The molecule has 0 spiro atoms. The summed E-state index contributed by atoms with van der Waals surface area (Å²) in [7, 11) is 2.04. The molecular formula is C14H19F3N2O. The van der Waals surface area contributed by atoms with E-state index in [4.69, 9.17) is 10.5 Å². The van der Waals surface area contributed by atoms with Gasteiger partial charge in [-0.1, -0.05) is 0 Å². The van der Waals surface area contributed by atoms with Crippen molar-refractivity contribution in [1.82, 2.24) is 4.90 Å². The molecule has 0 bridgehead atoms. The van der Waals surface area contributed by atoms with Crippen LogP contribution in [0.3, 0.4) is 0 Å². The third-order valence-electron chi connectivity index (χ3n) is 3.62. The van der Waals surface area contributed by atoms with Gasteiger partial charge in [0.15, 0.2) is 0 Å². The second-order valence-corrected chi connectivity index (χ2v) is 5.31. The van der Waals surface area contributed by atoms with Gasteiger partial charge in [0.05, 0.1) is 12.2 Å². The Bertz CT molecular complexity index is 454. The number of rotatable bonds is 3. The lowest BCUT2D eigenvalue weighted by Gasteiger charge is -2.29. The Labute approximate surface area is 116 Å². The maximum Gasteiger partial charge on any atom is 0.420 e. The van der Waals surface area contributed by atoms with Crippen LogP contribution in [-0.2, 0) is 6.18 Å². The number of benzene rings is 1. The van der Waals surface area contributed by atoms with E-state index in [0.717, 1.165) is 32.0 Å². The molecule has 1 aromatic rings. The highest BCUT2D eigenvalue weighted by atomic mass is 19.4. The van der Waals surface area contributed by atoms with E-state index < -0.39 is 11.7 Å². The second-order valence-electron chi connectivity index (χ2n) is 5.31. The maximum atomic E-state index is 12.9. The smallest absolute Gasteiger partial charge is 0.420 e. The van der Waals surface area contributed by atoms with Crippen LogP contribution < -0.4 is 10.5 Å². The van der Waals surface area contributed by atoms with Crippen LogP contribution in [0.25, 0.3) is 0 Å². The normalized spacial score (nSPS) is 18.2. The fourth-order valence-corrected chi connectivity index (χ4v) is 2.33. The lowest BCUT2D eigenvalue weighted by Crippen LogP contribution is -2.32. The SMILES string of the molecule is CN1CCC(COc2ccc(N)cc2C(F)(F)F)CC1. The van der Waals surface area contributed by atoms with Gasteiger partial charge in [-0.3, -0.25) is 0 Å². The minimum Gasteiger partial charge on any atom is -0.493 e. The molecule has 1 heterocycles. The van der Waals surface area contributed by atoms with Gasteiger partial charge < -0.3 is 15.4 Å². The molecule has 1 aromatic carbocycles. The van der Waals surface area contributed by atoms with E-state index in [1.807, 2.05) is 7.05 Å². The molecule has 0 atom stereocenters. The van der Waals surface area contributed by atoms with Gasteiger partial charge in [-0.2, -0.15) is 13.2 Å². The number of alkyl halides is 3. The van der Waals surface area contributed by atoms with E-state index in [2.05, 4.69) is 4.90 Å². The topological polar surface area (TPSA) is 38.5 Å². The molecule has 6 heteroatoms. The lowest BCUT2D eigenvalue weighted by atomic mass is 9.98. The largest absolute Gasteiger partial charge is 0.493 e. The van der Waals surface area contributed by atoms with Crippen LogP contribution in [0.4, 0.5) is 18.9 Å². The molecule has 0 saturated carbocycles. The van der Waals surface area contributed by atoms with E-state index in [1.54, 1.807) is 0 Å². The fraction of sp³-hybridized carbons (Fsp3) is 0.571. The third-order valence-corrected chi connectivity index (χ3v) is 3.62. The number of hydrogen-bond donors (Lipinski definition) is 1. The molecule has 2 rings (SSSR count). The predicted octanol–water partition coefficient (Wildman–Crippen LogP) is 3.01. The van der Waals surface area contributed by atoms with Crippen LogP contribution in [0, 0.1) is 5.92 Å². The summed E-state index contributed by atoms with van der Waals surface area (Å²) in [4.78, 5) is 2.21. The summed E-state index contributed by atoms with van der Waals surface area (Å²) in [5.74, 6) is 0.176. The minimum atomic E-state index is -4.45. The Morgan fingerprint density at radius 1 is 1.30 bits per heavy atom. The van der Waals surface area contributed by atoms with Crippen molar-refractivity contribution in [2.24, 2.45) is 5.92 Å². The Morgan fingerprint density at radius 3 is 2.55 bits per heavy atom. The quantitative estimate of drug-likeness (QED) is 0.869. The molecule has 112 valence electrons. The van der Waals surface area contributed by atoms with Crippen LogP contribution in [0.15, 0.2) is 18.2 Å². The lowest BCUT2D eigenvalue weighted by molar-refractivity contribution is -0.139. The number of nitrogens with zero attached hydrogens (tertiary/aromatic N) is 1. The molecular weight excluding hydrogens is 269 g/mol. The van der Waals surface area contributed by atoms with Crippen molar-refractivity contribution in [3.05, 3.63) is 23.8 Å². The van der Waals surface area contributed by atoms with Crippen molar-refractivity contribution in [3.8, 4) is 5.75 Å². The molecule has 2 N–H and O–H groups in total. The zero-order valence-corrected chi connectivity index (χ0v) is 11.4. The number of nitrogens with two attached hydrogens (primary N) is 1. The van der Waals surface area contributed by atoms with Gasteiger partial charge in [0.2, 0.25) is 0 Å². The summed E-state index contributed by atoms with van der Waals surface area (Å²) >= 11 is 0. The van der Waals surface area contributed by atoms with Gasteiger partial charge in [0.1, 0.15) is 5.75 Å². The molecule has 20 heavy (non-hydrogen) atoms. The highest BCUT2D eigenvalue weighted by Gasteiger charge is 2.34. The molecule has 1 fully saturated rings. The van der Waals surface area contributed by atoms with Crippen molar-refractivity contribution in [3.63, 3.8) is 0 Å². The first-order valence-electron chi connectivity index (χ1n) is 6.64. The molecule has 1 aliphatic heterocycles. The zero-order valence-electron chi connectivity index (χ0n) is 11.4. The Kier molecular flexibility index (Phi) is 4.42. The second kappa shape index (κ2) is 5.91. The first-order valence-corrected chi connectivity index (χ1v) is 6.64. The minimum absolute atomic E-state index is 0.0870. The molecule has 0 aliphatic carbocycles. The molecule has 0 amide bonds. The predicted molar refractivity (Wildman–Crippen MR) is 71.6 cm³/mol. The van der Waals surface area contributed by atoms with E-state index in [9.17, 15) is 13.2 Å². The monoisotopic (exact) mass is 288 g/mol. The van der Waals surface area contributed by atoms with Gasteiger partial charge in [-0.05, 0) is 57.1 Å². The summed E-state index contributed by atoms with van der Waals surface area (Å²) < 4.78 is 44.1. The van der Waals surface area contributed by atoms with E-state index >= 15 is 0 Å². The number of likely N-dealkylation sites (tertiary alicyclic amines) is 1. The van der Waals surface area contributed by atoms with Gasteiger partial charge >= 0.3 is 6.18 Å². The van der Waals surface area contributed by atoms with Crippen LogP contribution in [0.1, 0.15) is 18.4 Å². The molecule has 0 unspecified atom stereocenters. The van der Waals surface area contributed by atoms with E-state index in [-0.39, 0.29) is 11.4 Å². The fourth-order valence-electron chi connectivity index (χ4n) is 2.33. The van der Waals surface area contributed by atoms with Crippen molar-refractivity contribution < 1.29 is 17.9 Å². The van der Waals surface area contributed by atoms with Gasteiger partial charge in [0.25, 0.3) is 0 Å².